The number of amides is 2. The summed E-state index contributed by atoms with van der Waals surface area (Å²) in [6, 6.07) is 13.3. The van der Waals surface area contributed by atoms with Crippen molar-refractivity contribution in [1.29, 1.82) is 0 Å². The van der Waals surface area contributed by atoms with Crippen LogP contribution in [0.3, 0.4) is 0 Å². The van der Waals surface area contributed by atoms with Crippen LogP contribution in [0.15, 0.2) is 60.8 Å². The predicted molar refractivity (Wildman–Crippen MR) is 123 cm³/mol. The summed E-state index contributed by atoms with van der Waals surface area (Å²) in [5.41, 5.74) is 1.70. The zero-order valence-corrected chi connectivity index (χ0v) is 19.3. The van der Waals surface area contributed by atoms with Crippen LogP contribution in [0.5, 0.6) is 5.75 Å². The number of benzene rings is 2. The van der Waals surface area contributed by atoms with Gasteiger partial charge in [0.2, 0.25) is 11.8 Å². The molecule has 1 unspecified atom stereocenters. The number of carbonyl (C=O) groups excluding carboxylic acids is 2. The third-order valence-electron chi connectivity index (χ3n) is 5.17. The zero-order valence-electron chi connectivity index (χ0n) is 18.5. The maximum absolute atomic E-state index is 13.5. The molecule has 2 aromatic carbocycles. The van der Waals surface area contributed by atoms with Crippen molar-refractivity contribution in [2.24, 2.45) is 7.05 Å². The molecule has 3 aromatic rings. The Labute approximate surface area is 200 Å². The van der Waals surface area contributed by atoms with Crippen LogP contribution < -0.4 is 5.32 Å². The first-order valence-electron chi connectivity index (χ1n) is 10.6. The fourth-order valence-corrected chi connectivity index (χ4v) is 3.59. The Morgan fingerprint density at radius 2 is 1.74 bits per heavy atom. The van der Waals surface area contributed by atoms with Gasteiger partial charge in [0.15, 0.2) is 6.04 Å². The summed E-state index contributed by atoms with van der Waals surface area (Å²) >= 11 is 5.89. The van der Waals surface area contributed by atoms with Crippen molar-refractivity contribution < 1.29 is 23.5 Å². The standard InChI is InChI=1S/C24H25ClF2N4O3/c1-30-13-12-20(29-30)23(24(34)28-14-17-2-7-18(25)8-3-17)31(15-21(26)27)22(33)11-6-16-4-9-19(32)10-5-16/h2-5,7-10,12-13,21,23,32H,6,11,14-15H2,1H3,(H,28,34). The average molecular weight is 491 g/mol. The van der Waals surface area contributed by atoms with Crippen molar-refractivity contribution in [3.63, 3.8) is 0 Å². The number of phenolic OH excluding ortho intramolecular Hbond substituents is 1. The topological polar surface area (TPSA) is 87.5 Å². The molecule has 10 heteroatoms. The Morgan fingerprint density at radius 3 is 2.32 bits per heavy atom. The van der Waals surface area contributed by atoms with E-state index in [9.17, 15) is 23.5 Å². The van der Waals surface area contributed by atoms with E-state index in [0.717, 1.165) is 16.0 Å². The second-order valence-electron chi connectivity index (χ2n) is 7.76. The van der Waals surface area contributed by atoms with Crippen LogP contribution in [0.1, 0.15) is 29.3 Å². The summed E-state index contributed by atoms with van der Waals surface area (Å²) in [6.45, 7) is -0.784. The van der Waals surface area contributed by atoms with Crippen molar-refractivity contribution in [1.82, 2.24) is 20.0 Å². The van der Waals surface area contributed by atoms with Gasteiger partial charge in [-0.2, -0.15) is 5.10 Å². The average Bonchev–Trinajstić information content (AvgIpc) is 3.23. The summed E-state index contributed by atoms with van der Waals surface area (Å²) in [5, 5.41) is 16.9. The van der Waals surface area contributed by atoms with Crippen LogP contribution in [-0.4, -0.2) is 44.6 Å². The molecule has 34 heavy (non-hydrogen) atoms. The number of nitrogens with one attached hydrogen (secondary N) is 1. The Morgan fingerprint density at radius 1 is 1.09 bits per heavy atom. The number of aromatic hydroxyl groups is 1. The van der Waals surface area contributed by atoms with Crippen molar-refractivity contribution in [2.75, 3.05) is 6.54 Å². The number of rotatable bonds is 10. The van der Waals surface area contributed by atoms with Gasteiger partial charge in [-0.05, 0) is 47.9 Å². The molecule has 0 fully saturated rings. The molecule has 1 heterocycles. The lowest BCUT2D eigenvalue weighted by Crippen LogP contribution is -2.46. The predicted octanol–water partition coefficient (Wildman–Crippen LogP) is 3.86. The summed E-state index contributed by atoms with van der Waals surface area (Å²) in [7, 11) is 1.64. The largest absolute Gasteiger partial charge is 0.508 e. The molecular formula is C24H25ClF2N4O3. The molecule has 3 rings (SSSR count). The number of halogens is 3. The van der Waals surface area contributed by atoms with Crippen LogP contribution in [0.2, 0.25) is 5.02 Å². The highest BCUT2D eigenvalue weighted by atomic mass is 35.5. The molecule has 1 aromatic heterocycles. The van der Waals surface area contributed by atoms with E-state index in [1.54, 1.807) is 49.6 Å². The molecule has 0 spiro atoms. The number of hydrogen-bond donors (Lipinski definition) is 2. The van der Waals surface area contributed by atoms with Crippen LogP contribution in [0.25, 0.3) is 0 Å². The highest BCUT2D eigenvalue weighted by Gasteiger charge is 2.34. The zero-order chi connectivity index (χ0) is 24.7. The molecule has 2 N–H and O–H groups in total. The maximum Gasteiger partial charge on any atom is 0.255 e. The van der Waals surface area contributed by atoms with E-state index < -0.39 is 30.8 Å². The third kappa shape index (κ3) is 7.02. The quantitative estimate of drug-likeness (QED) is 0.452. The molecule has 0 radical (unpaired) electrons. The molecule has 0 bridgehead atoms. The minimum absolute atomic E-state index is 0.0852. The van der Waals surface area contributed by atoms with E-state index in [2.05, 4.69) is 10.4 Å². The van der Waals surface area contributed by atoms with Gasteiger partial charge in [0, 0.05) is 31.2 Å². The van der Waals surface area contributed by atoms with E-state index in [0.29, 0.717) is 5.02 Å². The third-order valence-corrected chi connectivity index (χ3v) is 5.43. The van der Waals surface area contributed by atoms with Crippen molar-refractivity contribution in [2.45, 2.75) is 31.9 Å². The highest BCUT2D eigenvalue weighted by Crippen LogP contribution is 2.23. The molecule has 0 saturated heterocycles. The lowest BCUT2D eigenvalue weighted by molar-refractivity contribution is -0.143. The highest BCUT2D eigenvalue weighted by molar-refractivity contribution is 6.30. The molecule has 0 aliphatic heterocycles. The summed E-state index contributed by atoms with van der Waals surface area (Å²) < 4.78 is 28.4. The van der Waals surface area contributed by atoms with Crippen LogP contribution in [-0.2, 0) is 29.6 Å². The summed E-state index contributed by atoms with van der Waals surface area (Å²) in [4.78, 5) is 27.1. The number of nitrogens with zero attached hydrogens (tertiary/aromatic N) is 3. The fourth-order valence-electron chi connectivity index (χ4n) is 3.46. The van der Waals surface area contributed by atoms with Gasteiger partial charge in [-0.3, -0.25) is 14.3 Å². The molecule has 0 aliphatic rings. The van der Waals surface area contributed by atoms with Gasteiger partial charge in [0.1, 0.15) is 5.75 Å². The Hall–Kier alpha value is -3.46. The smallest absolute Gasteiger partial charge is 0.255 e. The first-order valence-corrected chi connectivity index (χ1v) is 11.0. The van der Waals surface area contributed by atoms with Crippen molar-refractivity contribution >= 4 is 23.4 Å². The lowest BCUT2D eigenvalue weighted by Gasteiger charge is -2.30. The number of carbonyl (C=O) groups is 2. The normalized spacial score (nSPS) is 11.9. The fraction of sp³-hybridized carbons (Fsp3) is 0.292. The minimum Gasteiger partial charge on any atom is -0.508 e. The Balaban J connectivity index is 1.81. The van der Waals surface area contributed by atoms with E-state index in [1.165, 1.54) is 22.9 Å². The molecule has 2 amide bonds. The first-order chi connectivity index (χ1) is 16.2. The van der Waals surface area contributed by atoms with Crippen LogP contribution in [0.4, 0.5) is 8.78 Å². The molecule has 0 aliphatic carbocycles. The number of hydrogen-bond acceptors (Lipinski definition) is 4. The molecule has 180 valence electrons. The first kappa shape index (κ1) is 25.2. The van der Waals surface area contributed by atoms with E-state index in [4.69, 9.17) is 11.6 Å². The minimum atomic E-state index is -2.84. The number of aryl methyl sites for hydroxylation is 2. The van der Waals surface area contributed by atoms with Crippen molar-refractivity contribution in [3.05, 3.63) is 82.6 Å². The number of alkyl halides is 2. The van der Waals surface area contributed by atoms with E-state index >= 15 is 0 Å². The molecule has 1 atom stereocenters. The molecular weight excluding hydrogens is 466 g/mol. The molecule has 0 saturated carbocycles. The maximum atomic E-state index is 13.5. The second-order valence-corrected chi connectivity index (χ2v) is 8.20. The van der Waals surface area contributed by atoms with E-state index in [-0.39, 0.29) is 30.8 Å². The van der Waals surface area contributed by atoms with Crippen LogP contribution in [0, 0.1) is 0 Å². The lowest BCUT2D eigenvalue weighted by atomic mass is 10.1. The van der Waals surface area contributed by atoms with Gasteiger partial charge >= 0.3 is 0 Å². The summed E-state index contributed by atoms with van der Waals surface area (Å²) in [6.07, 6.45) is -1.09. The SMILES string of the molecule is Cn1ccc(C(C(=O)NCc2ccc(Cl)cc2)N(CC(F)F)C(=O)CCc2ccc(O)cc2)n1. The van der Waals surface area contributed by atoms with Gasteiger partial charge in [-0.1, -0.05) is 35.9 Å². The monoisotopic (exact) mass is 490 g/mol. The van der Waals surface area contributed by atoms with Gasteiger partial charge < -0.3 is 15.3 Å². The van der Waals surface area contributed by atoms with Gasteiger partial charge in [0.25, 0.3) is 6.43 Å². The molecule has 7 nitrogen and oxygen atoms in total. The Bertz CT molecular complexity index is 1100. The van der Waals surface area contributed by atoms with E-state index in [1.807, 2.05) is 0 Å². The number of aromatic nitrogens is 2. The summed E-state index contributed by atoms with van der Waals surface area (Å²) in [5.74, 6) is -1.14. The van der Waals surface area contributed by atoms with Crippen LogP contribution >= 0.6 is 11.6 Å². The number of phenols is 1. The second kappa shape index (κ2) is 11.6. The van der Waals surface area contributed by atoms with Gasteiger partial charge in [-0.25, -0.2) is 8.78 Å². The van der Waals surface area contributed by atoms with Gasteiger partial charge in [-0.15, -0.1) is 0 Å². The van der Waals surface area contributed by atoms with Gasteiger partial charge in [0.05, 0.1) is 12.2 Å². The van der Waals surface area contributed by atoms with Crippen molar-refractivity contribution in [3.8, 4) is 5.75 Å². The Kier molecular flexibility index (Phi) is 8.59.